The van der Waals surface area contributed by atoms with Gasteiger partial charge in [-0.2, -0.15) is 0 Å². The Morgan fingerprint density at radius 1 is 1.03 bits per heavy atom. The second kappa shape index (κ2) is 9.96. The number of carbonyl (C=O) groups is 1. The van der Waals surface area contributed by atoms with Crippen LogP contribution in [0, 0.1) is 5.82 Å². The van der Waals surface area contributed by atoms with Gasteiger partial charge in [-0.15, -0.1) is 0 Å². The fourth-order valence-corrected chi connectivity index (χ4v) is 4.63. The van der Waals surface area contributed by atoms with Gasteiger partial charge in [0.15, 0.2) is 5.82 Å². The molecule has 1 fully saturated rings. The number of piperidine rings is 1. The van der Waals surface area contributed by atoms with E-state index in [1.807, 2.05) is 23.0 Å². The number of rotatable bonds is 6. The Morgan fingerprint density at radius 2 is 1.75 bits per heavy atom. The number of nitrogens with zero attached hydrogens (tertiary/aromatic N) is 8. The zero-order chi connectivity index (χ0) is 25.2. The maximum Gasteiger partial charge on any atom is 0.271 e. The second-order valence-electron chi connectivity index (χ2n) is 9.29. The third-order valence-corrected chi connectivity index (χ3v) is 6.70. The Bertz CT molecular complexity index is 1360. The van der Waals surface area contributed by atoms with Gasteiger partial charge in [0.05, 0.1) is 11.1 Å². The number of pyridine rings is 1. The summed E-state index contributed by atoms with van der Waals surface area (Å²) < 4.78 is 17.1. The lowest BCUT2D eigenvalue weighted by atomic mass is 10.1. The molecule has 4 aromatic heterocycles. The summed E-state index contributed by atoms with van der Waals surface area (Å²) in [6.45, 7) is 3.67. The number of aromatic nitrogens is 6. The van der Waals surface area contributed by atoms with Crippen molar-refractivity contribution in [1.29, 1.82) is 0 Å². The Labute approximate surface area is 209 Å². The summed E-state index contributed by atoms with van der Waals surface area (Å²) in [6.07, 6.45) is 11.4. The summed E-state index contributed by atoms with van der Waals surface area (Å²) in [5, 5.41) is 0.437. The molecule has 0 atom stereocenters. The SMILES string of the molecule is CCc1cnc(N2CCC(n3cc(F)c4c(Cc5ccc(C(=O)N(C)C)nc5)ncnc43)CC2)nc1. The van der Waals surface area contributed by atoms with Gasteiger partial charge in [-0.25, -0.2) is 24.3 Å². The number of anilines is 1. The van der Waals surface area contributed by atoms with E-state index >= 15 is 4.39 Å². The molecule has 1 saturated heterocycles. The van der Waals surface area contributed by atoms with E-state index in [2.05, 4.69) is 36.7 Å². The van der Waals surface area contributed by atoms with E-state index in [4.69, 9.17) is 0 Å². The van der Waals surface area contributed by atoms with Gasteiger partial charge in [0.2, 0.25) is 5.95 Å². The molecule has 186 valence electrons. The van der Waals surface area contributed by atoms with Crippen molar-refractivity contribution in [2.24, 2.45) is 0 Å². The van der Waals surface area contributed by atoms with Crippen molar-refractivity contribution >= 4 is 22.9 Å². The lowest BCUT2D eigenvalue weighted by Crippen LogP contribution is -2.35. The highest BCUT2D eigenvalue weighted by atomic mass is 19.1. The van der Waals surface area contributed by atoms with Crippen molar-refractivity contribution < 1.29 is 9.18 Å². The molecule has 5 rings (SSSR count). The molecule has 0 aliphatic carbocycles. The molecule has 0 N–H and O–H groups in total. The van der Waals surface area contributed by atoms with Gasteiger partial charge in [-0.05, 0) is 36.5 Å². The van der Waals surface area contributed by atoms with Crippen LogP contribution in [0.2, 0.25) is 0 Å². The summed E-state index contributed by atoms with van der Waals surface area (Å²) in [5.74, 6) is 0.254. The first-order chi connectivity index (χ1) is 17.4. The maximum absolute atomic E-state index is 15.2. The summed E-state index contributed by atoms with van der Waals surface area (Å²) in [7, 11) is 3.37. The molecule has 0 spiro atoms. The third-order valence-electron chi connectivity index (χ3n) is 6.70. The van der Waals surface area contributed by atoms with Crippen LogP contribution < -0.4 is 4.90 Å². The first-order valence-corrected chi connectivity index (χ1v) is 12.2. The second-order valence-corrected chi connectivity index (χ2v) is 9.29. The maximum atomic E-state index is 15.2. The minimum Gasteiger partial charge on any atom is -0.343 e. The fraction of sp³-hybridized carbons (Fsp3) is 0.385. The average molecular weight is 489 g/mol. The van der Waals surface area contributed by atoms with Crippen LogP contribution in [-0.4, -0.2) is 67.5 Å². The number of hydrogen-bond donors (Lipinski definition) is 0. The van der Waals surface area contributed by atoms with E-state index in [1.54, 1.807) is 32.6 Å². The Balaban J connectivity index is 1.33. The molecule has 9 nitrogen and oxygen atoms in total. The predicted octanol–water partition coefficient (Wildman–Crippen LogP) is 3.45. The molecular weight excluding hydrogens is 459 g/mol. The predicted molar refractivity (Wildman–Crippen MR) is 134 cm³/mol. The molecule has 4 aromatic rings. The monoisotopic (exact) mass is 488 g/mol. The molecular formula is C26H29FN8O. The molecule has 0 radical (unpaired) electrons. The van der Waals surface area contributed by atoms with Gasteiger partial charge < -0.3 is 14.4 Å². The number of halogens is 1. The number of fused-ring (bicyclic) bond motifs is 1. The van der Waals surface area contributed by atoms with Crippen molar-refractivity contribution in [3.8, 4) is 0 Å². The van der Waals surface area contributed by atoms with Crippen LogP contribution in [0.15, 0.2) is 43.2 Å². The van der Waals surface area contributed by atoms with Crippen LogP contribution in [0.1, 0.15) is 53.1 Å². The van der Waals surface area contributed by atoms with Crippen LogP contribution in [0.4, 0.5) is 10.3 Å². The Hall–Kier alpha value is -3.95. The van der Waals surface area contributed by atoms with Gasteiger partial charge in [-0.1, -0.05) is 13.0 Å². The molecule has 10 heteroatoms. The molecule has 1 aliphatic heterocycles. The zero-order valence-electron chi connectivity index (χ0n) is 20.7. The van der Waals surface area contributed by atoms with Crippen LogP contribution >= 0.6 is 0 Å². The van der Waals surface area contributed by atoms with E-state index in [0.717, 1.165) is 49.4 Å². The van der Waals surface area contributed by atoms with Crippen molar-refractivity contribution in [3.05, 3.63) is 71.6 Å². The van der Waals surface area contributed by atoms with E-state index in [1.165, 1.54) is 11.2 Å². The van der Waals surface area contributed by atoms with Crippen molar-refractivity contribution in [1.82, 2.24) is 34.4 Å². The largest absolute Gasteiger partial charge is 0.343 e. The van der Waals surface area contributed by atoms with E-state index in [-0.39, 0.29) is 17.8 Å². The fourth-order valence-electron chi connectivity index (χ4n) is 4.63. The van der Waals surface area contributed by atoms with E-state index in [9.17, 15) is 4.79 Å². The first kappa shape index (κ1) is 23.8. The van der Waals surface area contributed by atoms with Gasteiger partial charge in [0.1, 0.15) is 17.7 Å². The standard InChI is InChI=1S/C26H29FN8O/c1-4-17-12-29-26(30-13-17)34-9-7-19(8-10-34)35-15-20(27)23-22(31-16-32-24(23)35)11-18-5-6-21(28-14-18)25(36)33(2)3/h5-6,12-16,19H,4,7-11H2,1-3H3. The highest BCUT2D eigenvalue weighted by molar-refractivity contribution is 5.91. The molecule has 0 saturated carbocycles. The number of carbonyl (C=O) groups excluding carboxylic acids is 1. The molecule has 0 unspecified atom stereocenters. The zero-order valence-corrected chi connectivity index (χ0v) is 20.7. The quantitative estimate of drug-likeness (QED) is 0.410. The lowest BCUT2D eigenvalue weighted by molar-refractivity contribution is 0.0822. The summed E-state index contributed by atoms with van der Waals surface area (Å²) in [4.78, 5) is 37.8. The molecule has 1 amide bonds. The van der Waals surface area contributed by atoms with Gasteiger partial charge in [0, 0.05) is 64.4 Å². The Morgan fingerprint density at radius 3 is 2.39 bits per heavy atom. The summed E-state index contributed by atoms with van der Waals surface area (Å²) >= 11 is 0. The summed E-state index contributed by atoms with van der Waals surface area (Å²) in [6, 6.07) is 3.64. The number of amides is 1. The smallest absolute Gasteiger partial charge is 0.271 e. The minimum atomic E-state index is -0.325. The van der Waals surface area contributed by atoms with Crippen LogP contribution in [0.3, 0.4) is 0 Å². The molecule has 36 heavy (non-hydrogen) atoms. The van der Waals surface area contributed by atoms with Gasteiger partial charge in [0.25, 0.3) is 5.91 Å². The number of aryl methyl sites for hydroxylation is 1. The lowest BCUT2D eigenvalue weighted by Gasteiger charge is -2.32. The number of hydrogen-bond acceptors (Lipinski definition) is 7. The van der Waals surface area contributed by atoms with Crippen molar-refractivity contribution in [3.63, 3.8) is 0 Å². The molecule has 0 bridgehead atoms. The topological polar surface area (TPSA) is 92.9 Å². The van der Waals surface area contributed by atoms with Gasteiger partial charge in [-0.3, -0.25) is 9.78 Å². The van der Waals surface area contributed by atoms with E-state index < -0.39 is 0 Å². The highest BCUT2D eigenvalue weighted by Crippen LogP contribution is 2.31. The van der Waals surface area contributed by atoms with Gasteiger partial charge >= 0.3 is 0 Å². The normalized spacial score (nSPS) is 14.4. The first-order valence-electron chi connectivity index (χ1n) is 12.2. The third kappa shape index (κ3) is 4.62. The Kier molecular flexibility index (Phi) is 6.58. The van der Waals surface area contributed by atoms with Crippen LogP contribution in [-0.2, 0) is 12.8 Å². The van der Waals surface area contributed by atoms with Crippen LogP contribution in [0.25, 0.3) is 11.0 Å². The summed E-state index contributed by atoms with van der Waals surface area (Å²) in [5.41, 5.74) is 3.54. The molecule has 1 aliphatic rings. The highest BCUT2D eigenvalue weighted by Gasteiger charge is 2.26. The molecule has 0 aromatic carbocycles. The molecule has 5 heterocycles. The van der Waals surface area contributed by atoms with E-state index in [0.29, 0.717) is 28.8 Å². The van der Waals surface area contributed by atoms with Crippen molar-refractivity contribution in [2.45, 2.75) is 38.6 Å². The van der Waals surface area contributed by atoms with Crippen molar-refractivity contribution in [2.75, 3.05) is 32.1 Å². The van der Waals surface area contributed by atoms with Crippen LogP contribution in [0.5, 0.6) is 0 Å². The minimum absolute atomic E-state index is 0.129. The average Bonchev–Trinajstić information content (AvgIpc) is 3.26.